The number of carboxylic acid groups (broad SMARTS) is 1. The average molecular weight is 700 g/mol. The minimum atomic E-state index is -1.06. The van der Waals surface area contributed by atoms with Gasteiger partial charge >= 0.3 is 5.97 Å². The number of Topliss-reactive ketones (excluding diaryl/α,β-unsaturated/α-hetero) is 4. The van der Waals surface area contributed by atoms with E-state index in [-0.39, 0.29) is 87.9 Å². The van der Waals surface area contributed by atoms with Gasteiger partial charge in [0.2, 0.25) is 5.91 Å². The summed E-state index contributed by atoms with van der Waals surface area (Å²) < 4.78 is 21.1. The van der Waals surface area contributed by atoms with Crippen molar-refractivity contribution in [2.75, 3.05) is 59.4 Å². The molecule has 0 aliphatic heterocycles. The van der Waals surface area contributed by atoms with Crippen molar-refractivity contribution in [1.82, 2.24) is 5.32 Å². The molecule has 0 heterocycles. The van der Waals surface area contributed by atoms with Crippen LogP contribution in [0.1, 0.15) is 136 Å². The molecule has 0 saturated carbocycles. The fraction of sp³-hybridized carbons (Fsp3) is 0.838. The standard InChI is InChI=1S/C37H65NO11/c1-31(39)16-13-11-9-7-5-3-4-6-8-10-12-14-17-34(41)28-33(37(44)45)19-20-36(43)38-21-23-47-25-27-49-30-35(42)18-15-22-46-24-26-48-29-32(2)40/h33H,3-30H2,1-2H3,(H,38,43)(H,44,45)/t33-/m1/s1. The van der Waals surface area contributed by atoms with Crippen LogP contribution in [0.5, 0.6) is 0 Å². The first-order valence-corrected chi connectivity index (χ1v) is 18.4. The lowest BCUT2D eigenvalue weighted by molar-refractivity contribution is -0.144. The van der Waals surface area contributed by atoms with Gasteiger partial charge in [-0.1, -0.05) is 64.2 Å². The van der Waals surface area contributed by atoms with E-state index in [1.165, 1.54) is 45.4 Å². The van der Waals surface area contributed by atoms with Crippen LogP contribution in [0, 0.1) is 5.92 Å². The lowest BCUT2D eigenvalue weighted by atomic mass is 9.94. The third kappa shape index (κ3) is 35.1. The van der Waals surface area contributed by atoms with Crippen molar-refractivity contribution in [1.29, 1.82) is 0 Å². The van der Waals surface area contributed by atoms with Crippen molar-refractivity contribution in [3.05, 3.63) is 0 Å². The number of nitrogens with one attached hydrogen (secondary N) is 1. The summed E-state index contributed by atoms with van der Waals surface area (Å²) in [4.78, 5) is 69.7. The molecule has 12 nitrogen and oxygen atoms in total. The molecule has 284 valence electrons. The SMILES string of the molecule is CC(=O)CCCCCCCCCCCCCCC(=O)C[C@@H](CCC(=O)NCCOCCOCC(=O)CCCOCCOCC(C)=O)C(=O)O. The van der Waals surface area contributed by atoms with Gasteiger partial charge in [0.05, 0.1) is 39.0 Å². The topological polar surface area (TPSA) is 172 Å². The normalized spacial score (nSPS) is 11.7. The molecule has 2 N–H and O–H groups in total. The molecule has 0 aromatic rings. The lowest BCUT2D eigenvalue weighted by Crippen LogP contribution is -2.29. The van der Waals surface area contributed by atoms with Gasteiger partial charge in [-0.25, -0.2) is 0 Å². The predicted octanol–water partition coefficient (Wildman–Crippen LogP) is 5.60. The number of carbonyl (C=O) groups is 6. The zero-order valence-electron chi connectivity index (χ0n) is 30.4. The van der Waals surface area contributed by atoms with Crippen LogP contribution < -0.4 is 5.32 Å². The smallest absolute Gasteiger partial charge is 0.306 e. The molecule has 0 aliphatic rings. The highest BCUT2D eigenvalue weighted by atomic mass is 16.5. The minimum Gasteiger partial charge on any atom is -0.481 e. The number of aliphatic carboxylic acids is 1. The highest BCUT2D eigenvalue weighted by Crippen LogP contribution is 2.17. The minimum absolute atomic E-state index is 0.0118. The predicted molar refractivity (Wildman–Crippen MR) is 187 cm³/mol. The molecule has 0 aromatic carbocycles. The van der Waals surface area contributed by atoms with Crippen LogP contribution in [0.4, 0.5) is 0 Å². The van der Waals surface area contributed by atoms with E-state index in [9.17, 15) is 33.9 Å². The zero-order valence-corrected chi connectivity index (χ0v) is 30.4. The van der Waals surface area contributed by atoms with Gasteiger partial charge < -0.3 is 34.2 Å². The first-order chi connectivity index (χ1) is 23.6. The Balaban J connectivity index is 3.68. The molecule has 1 atom stereocenters. The summed E-state index contributed by atoms with van der Waals surface area (Å²) in [5.41, 5.74) is 0. The van der Waals surface area contributed by atoms with Gasteiger partial charge in [0.15, 0.2) is 11.6 Å². The van der Waals surface area contributed by atoms with E-state index in [0.29, 0.717) is 45.5 Å². The van der Waals surface area contributed by atoms with E-state index >= 15 is 0 Å². The molecular weight excluding hydrogens is 634 g/mol. The molecule has 0 saturated heterocycles. The molecule has 0 fully saturated rings. The van der Waals surface area contributed by atoms with Gasteiger partial charge in [0, 0.05) is 45.3 Å². The Morgan fingerprint density at radius 1 is 0.510 bits per heavy atom. The van der Waals surface area contributed by atoms with E-state index < -0.39 is 11.9 Å². The molecule has 1 amide bonds. The van der Waals surface area contributed by atoms with Crippen LogP contribution in [-0.4, -0.2) is 99.5 Å². The molecule has 0 radical (unpaired) electrons. The maximum Gasteiger partial charge on any atom is 0.306 e. The van der Waals surface area contributed by atoms with Crippen LogP contribution >= 0.6 is 0 Å². The van der Waals surface area contributed by atoms with Crippen molar-refractivity contribution in [2.45, 2.75) is 136 Å². The summed E-state index contributed by atoms with van der Waals surface area (Å²) in [5, 5.41) is 12.2. The Kier molecular flexibility index (Phi) is 32.2. The largest absolute Gasteiger partial charge is 0.481 e. The molecule has 0 aromatic heterocycles. The summed E-state index contributed by atoms with van der Waals surface area (Å²) in [5.74, 6) is -2.07. The van der Waals surface area contributed by atoms with Crippen molar-refractivity contribution in [2.24, 2.45) is 5.92 Å². The summed E-state index contributed by atoms with van der Waals surface area (Å²) in [6.45, 7) is 5.31. The number of carbonyl (C=O) groups excluding carboxylic acids is 5. The Bertz CT molecular complexity index is 909. The quantitative estimate of drug-likeness (QED) is 0.0769. The monoisotopic (exact) mass is 699 g/mol. The number of rotatable bonds is 38. The highest BCUT2D eigenvalue weighted by molar-refractivity contribution is 5.84. The maximum atomic E-state index is 12.4. The first kappa shape index (κ1) is 46.5. The second kappa shape index (κ2) is 33.9. The number of ketones is 4. The van der Waals surface area contributed by atoms with E-state index in [4.69, 9.17) is 18.9 Å². The molecule has 0 spiro atoms. The molecule has 0 aliphatic carbocycles. The van der Waals surface area contributed by atoms with E-state index in [1.54, 1.807) is 6.92 Å². The van der Waals surface area contributed by atoms with Crippen molar-refractivity contribution in [3.8, 4) is 0 Å². The van der Waals surface area contributed by atoms with Crippen molar-refractivity contribution < 1.29 is 52.8 Å². The van der Waals surface area contributed by atoms with E-state index in [1.807, 2.05) is 0 Å². The molecule has 49 heavy (non-hydrogen) atoms. The number of hydrogen-bond acceptors (Lipinski definition) is 10. The van der Waals surface area contributed by atoms with Gasteiger partial charge in [0.1, 0.15) is 24.8 Å². The number of ether oxygens (including phenoxy) is 4. The second-order valence-corrected chi connectivity index (χ2v) is 12.8. The fourth-order valence-corrected chi connectivity index (χ4v) is 5.10. The van der Waals surface area contributed by atoms with Gasteiger partial charge in [-0.15, -0.1) is 0 Å². The summed E-state index contributed by atoms with van der Waals surface area (Å²) in [6.07, 6.45) is 15.6. The Labute approximate surface area is 294 Å². The van der Waals surface area contributed by atoms with Crippen LogP contribution in [-0.2, 0) is 47.7 Å². The lowest BCUT2D eigenvalue weighted by Gasteiger charge is -2.12. The zero-order chi connectivity index (χ0) is 36.4. The van der Waals surface area contributed by atoms with Gasteiger partial charge in [-0.2, -0.15) is 0 Å². The van der Waals surface area contributed by atoms with Gasteiger partial charge in [0.25, 0.3) is 0 Å². The summed E-state index contributed by atoms with van der Waals surface area (Å²) in [6, 6.07) is 0. The van der Waals surface area contributed by atoms with Crippen LogP contribution in [0.25, 0.3) is 0 Å². The third-order valence-corrected chi connectivity index (χ3v) is 7.90. The molecule has 0 rings (SSSR count). The summed E-state index contributed by atoms with van der Waals surface area (Å²) >= 11 is 0. The van der Waals surface area contributed by atoms with Crippen LogP contribution in [0.15, 0.2) is 0 Å². The van der Waals surface area contributed by atoms with E-state index in [0.717, 1.165) is 38.5 Å². The number of amides is 1. The Hall–Kier alpha value is -2.54. The highest BCUT2D eigenvalue weighted by Gasteiger charge is 2.22. The van der Waals surface area contributed by atoms with Crippen molar-refractivity contribution in [3.63, 3.8) is 0 Å². The number of unbranched alkanes of at least 4 members (excludes halogenated alkanes) is 11. The third-order valence-electron chi connectivity index (χ3n) is 7.90. The van der Waals surface area contributed by atoms with Crippen LogP contribution in [0.2, 0.25) is 0 Å². The summed E-state index contributed by atoms with van der Waals surface area (Å²) in [7, 11) is 0. The Morgan fingerprint density at radius 3 is 1.55 bits per heavy atom. The molecule has 12 heteroatoms. The molecule has 0 unspecified atom stereocenters. The Morgan fingerprint density at radius 2 is 1.00 bits per heavy atom. The first-order valence-electron chi connectivity index (χ1n) is 18.4. The number of hydrogen-bond donors (Lipinski definition) is 2. The van der Waals surface area contributed by atoms with Crippen LogP contribution in [0.3, 0.4) is 0 Å². The van der Waals surface area contributed by atoms with Gasteiger partial charge in [-0.05, 0) is 39.5 Å². The maximum absolute atomic E-state index is 12.4. The van der Waals surface area contributed by atoms with Crippen molar-refractivity contribution >= 4 is 35.0 Å². The molecular formula is C37H65NO11. The number of carboxylic acids is 1. The second-order valence-electron chi connectivity index (χ2n) is 12.8. The van der Waals surface area contributed by atoms with Gasteiger partial charge in [-0.3, -0.25) is 24.0 Å². The fourth-order valence-electron chi connectivity index (χ4n) is 5.10. The average Bonchev–Trinajstić information content (AvgIpc) is 3.05. The van der Waals surface area contributed by atoms with E-state index in [2.05, 4.69) is 5.32 Å². The molecule has 0 bridgehead atoms.